The molecule has 0 saturated carbocycles. The Balaban J connectivity index is 1.48. The van der Waals surface area contributed by atoms with Crippen molar-refractivity contribution in [2.24, 2.45) is 0 Å². The zero-order valence-electron chi connectivity index (χ0n) is 22.0. The molecule has 1 fully saturated rings. The standard InChI is InChI=1S/C30H34N6O2/c1-4-6-18-38-30-32-26-21-34(27-13-9-11-22-10-7-8-12-24(22)27)15-14-25(26)29(33-30)35-16-17-36(28(37)5-2)23(20-35)19-31-3/h5,7-13,23H,2,4,6,14-21H2,1H3. The van der Waals surface area contributed by atoms with E-state index in [1.165, 1.54) is 22.5 Å². The molecular weight excluding hydrogens is 476 g/mol. The minimum absolute atomic E-state index is 0.127. The van der Waals surface area contributed by atoms with Gasteiger partial charge in [0.2, 0.25) is 12.5 Å². The van der Waals surface area contributed by atoms with Crippen molar-refractivity contribution in [2.45, 2.75) is 38.8 Å². The minimum Gasteiger partial charge on any atom is -0.463 e. The van der Waals surface area contributed by atoms with Crippen LogP contribution in [0.25, 0.3) is 15.6 Å². The lowest BCUT2D eigenvalue weighted by molar-refractivity contribution is -0.128. The van der Waals surface area contributed by atoms with Crippen LogP contribution in [-0.4, -0.2) is 66.1 Å². The number of nitrogens with zero attached hydrogens (tertiary/aromatic N) is 6. The van der Waals surface area contributed by atoms with Gasteiger partial charge in [-0.25, -0.2) is 6.57 Å². The molecule has 0 spiro atoms. The van der Waals surface area contributed by atoms with Gasteiger partial charge in [0.15, 0.2) is 0 Å². The average Bonchev–Trinajstić information content (AvgIpc) is 2.96. The van der Waals surface area contributed by atoms with Crippen LogP contribution in [-0.2, 0) is 17.8 Å². The third-order valence-corrected chi connectivity index (χ3v) is 7.40. The number of piperazine rings is 1. The largest absolute Gasteiger partial charge is 0.463 e. The van der Waals surface area contributed by atoms with Gasteiger partial charge in [0.1, 0.15) is 11.9 Å². The fraction of sp³-hybridized carbons (Fsp3) is 0.400. The van der Waals surface area contributed by atoms with Crippen LogP contribution in [0.3, 0.4) is 0 Å². The Hall–Kier alpha value is -4.12. The molecule has 3 heterocycles. The number of hydrogen-bond acceptors (Lipinski definition) is 6. The molecule has 196 valence electrons. The Morgan fingerprint density at radius 3 is 2.82 bits per heavy atom. The fourth-order valence-corrected chi connectivity index (χ4v) is 5.43. The van der Waals surface area contributed by atoms with E-state index < -0.39 is 0 Å². The smallest absolute Gasteiger partial charge is 0.318 e. The molecular formula is C30H34N6O2. The van der Waals surface area contributed by atoms with Crippen molar-refractivity contribution in [3.8, 4) is 6.01 Å². The van der Waals surface area contributed by atoms with Crippen LogP contribution in [0.15, 0.2) is 55.1 Å². The summed E-state index contributed by atoms with van der Waals surface area (Å²) in [5, 5.41) is 2.46. The van der Waals surface area contributed by atoms with Crippen molar-refractivity contribution in [1.29, 1.82) is 0 Å². The SMILES string of the molecule is [C-]#[N+]CC1CN(c2nc(OCCCC)nc3c2CCN(c2cccc4ccccc24)C3)CCN1C(=O)C=C. The van der Waals surface area contributed by atoms with Crippen LogP contribution in [0.2, 0.25) is 0 Å². The van der Waals surface area contributed by atoms with Gasteiger partial charge in [-0.1, -0.05) is 56.3 Å². The van der Waals surface area contributed by atoms with Gasteiger partial charge in [-0.3, -0.25) is 4.79 Å². The molecule has 0 N–H and O–H groups in total. The summed E-state index contributed by atoms with van der Waals surface area (Å²) in [4.78, 5) is 32.2. The van der Waals surface area contributed by atoms with E-state index in [2.05, 4.69) is 70.6 Å². The molecule has 2 aliphatic heterocycles. The molecule has 1 atom stereocenters. The molecule has 0 bridgehead atoms. The fourth-order valence-electron chi connectivity index (χ4n) is 5.43. The Morgan fingerprint density at radius 2 is 2.00 bits per heavy atom. The van der Waals surface area contributed by atoms with Crippen molar-refractivity contribution in [1.82, 2.24) is 14.9 Å². The highest BCUT2D eigenvalue weighted by atomic mass is 16.5. The van der Waals surface area contributed by atoms with Crippen LogP contribution in [0, 0.1) is 6.57 Å². The van der Waals surface area contributed by atoms with E-state index in [0.29, 0.717) is 38.8 Å². The second kappa shape index (κ2) is 11.5. The normalized spacial score (nSPS) is 17.2. The number of anilines is 2. The lowest BCUT2D eigenvalue weighted by Gasteiger charge is -2.41. The number of hydrogen-bond donors (Lipinski definition) is 0. The van der Waals surface area contributed by atoms with E-state index in [-0.39, 0.29) is 18.5 Å². The monoisotopic (exact) mass is 510 g/mol. The van der Waals surface area contributed by atoms with Crippen molar-refractivity contribution >= 4 is 28.2 Å². The predicted molar refractivity (Wildman–Crippen MR) is 151 cm³/mol. The summed E-state index contributed by atoms with van der Waals surface area (Å²) >= 11 is 0. The van der Waals surface area contributed by atoms with E-state index in [4.69, 9.17) is 21.3 Å². The molecule has 5 rings (SSSR count). The van der Waals surface area contributed by atoms with E-state index >= 15 is 0 Å². The number of carbonyl (C=O) groups is 1. The molecule has 1 amide bonds. The molecule has 2 aromatic carbocycles. The second-order valence-corrected chi connectivity index (χ2v) is 9.80. The summed E-state index contributed by atoms with van der Waals surface area (Å²) in [7, 11) is 0. The number of carbonyl (C=O) groups excluding carboxylic acids is 1. The maximum Gasteiger partial charge on any atom is 0.318 e. The van der Waals surface area contributed by atoms with Gasteiger partial charge in [0.25, 0.3) is 0 Å². The predicted octanol–water partition coefficient (Wildman–Crippen LogP) is 4.49. The number of ether oxygens (including phenoxy) is 1. The molecule has 8 nitrogen and oxygen atoms in total. The summed E-state index contributed by atoms with van der Waals surface area (Å²) in [5.74, 6) is 0.747. The average molecular weight is 511 g/mol. The molecule has 38 heavy (non-hydrogen) atoms. The lowest BCUT2D eigenvalue weighted by atomic mass is 10.0. The van der Waals surface area contributed by atoms with Crippen LogP contribution < -0.4 is 14.5 Å². The van der Waals surface area contributed by atoms with Crippen LogP contribution >= 0.6 is 0 Å². The lowest BCUT2D eigenvalue weighted by Crippen LogP contribution is -2.56. The zero-order valence-corrected chi connectivity index (χ0v) is 22.0. The molecule has 8 heteroatoms. The van der Waals surface area contributed by atoms with Gasteiger partial charge in [0.05, 0.1) is 18.8 Å². The number of benzene rings is 2. The Morgan fingerprint density at radius 1 is 1.16 bits per heavy atom. The van der Waals surface area contributed by atoms with E-state index in [9.17, 15) is 4.79 Å². The molecule has 0 radical (unpaired) electrons. The summed E-state index contributed by atoms with van der Waals surface area (Å²) in [6, 6.07) is 15.1. The van der Waals surface area contributed by atoms with Gasteiger partial charge < -0.3 is 24.3 Å². The summed E-state index contributed by atoms with van der Waals surface area (Å²) < 4.78 is 6.01. The third kappa shape index (κ3) is 5.14. The Labute approximate surface area is 224 Å². The maximum atomic E-state index is 12.4. The highest BCUT2D eigenvalue weighted by Gasteiger charge is 2.34. The highest BCUT2D eigenvalue weighted by Crippen LogP contribution is 2.34. The number of amides is 1. The molecule has 2 aliphatic rings. The second-order valence-electron chi connectivity index (χ2n) is 9.80. The Kier molecular flexibility index (Phi) is 7.73. The zero-order chi connectivity index (χ0) is 26.5. The molecule has 1 saturated heterocycles. The van der Waals surface area contributed by atoms with Gasteiger partial charge in [-0.05, 0) is 30.4 Å². The summed E-state index contributed by atoms with van der Waals surface area (Å²) in [5.41, 5.74) is 3.32. The van der Waals surface area contributed by atoms with E-state index in [1.54, 1.807) is 4.90 Å². The molecule has 3 aromatic rings. The number of aromatic nitrogens is 2. The number of unbranched alkanes of at least 4 members (excludes halogenated alkanes) is 1. The Bertz CT molecular complexity index is 1360. The quantitative estimate of drug-likeness (QED) is 0.253. The van der Waals surface area contributed by atoms with E-state index in [0.717, 1.165) is 42.9 Å². The maximum absolute atomic E-state index is 12.4. The molecule has 1 unspecified atom stereocenters. The van der Waals surface area contributed by atoms with Crippen molar-refractivity contribution in [3.63, 3.8) is 0 Å². The van der Waals surface area contributed by atoms with Gasteiger partial charge in [-0.15, -0.1) is 0 Å². The molecule has 1 aromatic heterocycles. The van der Waals surface area contributed by atoms with Crippen molar-refractivity contribution < 1.29 is 9.53 Å². The van der Waals surface area contributed by atoms with Crippen LogP contribution in [0.1, 0.15) is 31.0 Å². The first-order valence-electron chi connectivity index (χ1n) is 13.4. The number of fused-ring (bicyclic) bond motifs is 2. The highest BCUT2D eigenvalue weighted by molar-refractivity contribution is 5.94. The van der Waals surface area contributed by atoms with Crippen molar-refractivity contribution in [2.75, 3.05) is 49.1 Å². The first kappa shape index (κ1) is 25.5. The van der Waals surface area contributed by atoms with Gasteiger partial charge in [-0.2, -0.15) is 9.97 Å². The van der Waals surface area contributed by atoms with Crippen LogP contribution in [0.5, 0.6) is 6.01 Å². The third-order valence-electron chi connectivity index (χ3n) is 7.40. The number of rotatable bonds is 8. The molecule has 0 aliphatic carbocycles. The first-order chi connectivity index (χ1) is 18.6. The van der Waals surface area contributed by atoms with Gasteiger partial charge in [0, 0.05) is 42.8 Å². The van der Waals surface area contributed by atoms with Gasteiger partial charge >= 0.3 is 6.01 Å². The van der Waals surface area contributed by atoms with Crippen molar-refractivity contribution in [3.05, 3.63) is 77.8 Å². The summed E-state index contributed by atoms with van der Waals surface area (Å²) in [6.07, 6.45) is 4.11. The minimum atomic E-state index is -0.211. The summed E-state index contributed by atoms with van der Waals surface area (Å²) in [6.45, 7) is 17.3. The first-order valence-corrected chi connectivity index (χ1v) is 13.4. The van der Waals surface area contributed by atoms with Crippen LogP contribution in [0.4, 0.5) is 11.5 Å². The van der Waals surface area contributed by atoms with E-state index in [1.807, 2.05) is 0 Å². The topological polar surface area (TPSA) is 66.2 Å².